The van der Waals surface area contributed by atoms with Gasteiger partial charge in [0.1, 0.15) is 0 Å². The van der Waals surface area contributed by atoms with Crippen molar-refractivity contribution in [3.05, 3.63) is 21.9 Å². The van der Waals surface area contributed by atoms with Crippen molar-refractivity contribution in [2.45, 2.75) is 0 Å². The number of carbonyl (C=O) groups excluding carboxylic acids is 1. The van der Waals surface area contributed by atoms with E-state index in [9.17, 15) is 4.79 Å². The number of nitrogens with one attached hydrogen (secondary N) is 1. The van der Waals surface area contributed by atoms with Crippen molar-refractivity contribution in [2.24, 2.45) is 0 Å². The predicted octanol–water partition coefficient (Wildman–Crippen LogP) is 1.14. The van der Waals surface area contributed by atoms with E-state index in [-0.39, 0.29) is 15.9 Å². The largest absolute Gasteiger partial charge is 0.354 e. The Hall–Kier alpha value is -0.870. The number of carbonyl (C=O) groups is 1. The second-order valence-corrected chi connectivity index (χ2v) is 2.61. The lowest BCUT2D eigenvalue weighted by Crippen LogP contribution is -2.20. The Labute approximate surface area is 83.1 Å². The highest BCUT2D eigenvalue weighted by Gasteiger charge is 2.11. The van der Waals surface area contributed by atoms with Gasteiger partial charge in [-0.1, -0.05) is 23.2 Å². The van der Waals surface area contributed by atoms with E-state index < -0.39 is 12.9 Å². The van der Waals surface area contributed by atoms with Crippen molar-refractivity contribution >= 4 is 29.1 Å². The number of hydrogen-bond donors (Lipinski definition) is 1. The summed E-state index contributed by atoms with van der Waals surface area (Å²) in [6, 6.07) is 1.20. The van der Waals surface area contributed by atoms with Crippen LogP contribution in [-0.2, 0) is 0 Å². The molecule has 1 rings (SSSR count). The van der Waals surface area contributed by atoms with Gasteiger partial charge in [-0.2, -0.15) is 0 Å². The van der Waals surface area contributed by atoms with E-state index in [1.54, 1.807) is 5.32 Å². The fourth-order valence-corrected chi connectivity index (χ4v) is 0.990. The minimum Gasteiger partial charge on any atom is -0.354 e. The average molecular weight is 209 g/mol. The Morgan fingerprint density at radius 3 is 3.00 bits per heavy atom. The monoisotopic (exact) mass is 208 g/mol. The Bertz CT molecular complexity index is 396. The molecule has 0 atom stereocenters. The van der Waals surface area contributed by atoms with Crippen molar-refractivity contribution in [3.63, 3.8) is 0 Å². The third-order valence-corrected chi connectivity index (χ3v) is 1.52. The normalized spacial score (nSPS) is 14.3. The maximum Gasteiger partial charge on any atom is 0.273 e. The summed E-state index contributed by atoms with van der Waals surface area (Å²) < 4.78 is 20.4. The summed E-state index contributed by atoms with van der Waals surface area (Å²) >= 11 is 11.1. The van der Waals surface area contributed by atoms with Crippen molar-refractivity contribution in [1.29, 1.82) is 0 Å². The molecule has 0 bridgehead atoms. The smallest absolute Gasteiger partial charge is 0.273 e. The zero-order valence-electron chi connectivity index (χ0n) is 8.64. The lowest BCUT2D eigenvalue weighted by molar-refractivity contribution is 0.0957. The van der Waals surface area contributed by atoms with E-state index >= 15 is 0 Å². The highest BCUT2D eigenvalue weighted by molar-refractivity contribution is 6.35. The molecule has 1 heterocycles. The van der Waals surface area contributed by atoms with Crippen LogP contribution in [0.1, 0.15) is 14.6 Å². The summed E-state index contributed by atoms with van der Waals surface area (Å²) in [5, 5.41) is 8.45. The maximum atomic E-state index is 11.3. The first-order chi connectivity index (χ1) is 6.79. The van der Waals surface area contributed by atoms with Gasteiger partial charge in [-0.05, 0) is 6.07 Å². The van der Waals surface area contributed by atoms with Crippen LogP contribution in [0, 0.1) is 0 Å². The maximum absolute atomic E-state index is 11.3. The van der Waals surface area contributed by atoms with Crippen LogP contribution in [0.5, 0.6) is 0 Å². The molecule has 1 aromatic heterocycles. The molecule has 0 aliphatic carbocycles. The van der Waals surface area contributed by atoms with Crippen molar-refractivity contribution in [3.8, 4) is 0 Å². The topological polar surface area (TPSA) is 54.9 Å². The summed E-state index contributed by atoms with van der Waals surface area (Å²) in [5.41, 5.74) is -0.280. The Morgan fingerprint density at radius 1 is 1.67 bits per heavy atom. The van der Waals surface area contributed by atoms with Crippen LogP contribution in [-0.4, -0.2) is 23.1 Å². The number of amides is 1. The van der Waals surface area contributed by atoms with Crippen LogP contribution in [0.15, 0.2) is 6.07 Å². The van der Waals surface area contributed by atoms with Crippen LogP contribution < -0.4 is 5.32 Å². The van der Waals surface area contributed by atoms with Gasteiger partial charge in [-0.15, -0.1) is 10.2 Å². The first kappa shape index (κ1) is 5.72. The molecule has 0 aliphatic heterocycles. The van der Waals surface area contributed by atoms with Crippen molar-refractivity contribution in [2.75, 3.05) is 6.98 Å². The predicted molar refractivity (Wildman–Crippen MR) is 45.4 cm³/mol. The van der Waals surface area contributed by atoms with Crippen molar-refractivity contribution < 1.29 is 8.91 Å². The molecular weight excluding hydrogens is 201 g/mol. The van der Waals surface area contributed by atoms with Gasteiger partial charge >= 0.3 is 0 Å². The first-order valence-electron chi connectivity index (χ1n) is 4.31. The summed E-state index contributed by atoms with van der Waals surface area (Å²) in [6.07, 6.45) is 0. The molecule has 0 aliphatic rings. The second-order valence-electron chi connectivity index (χ2n) is 1.82. The van der Waals surface area contributed by atoms with E-state index in [2.05, 4.69) is 10.2 Å². The summed E-state index contributed by atoms with van der Waals surface area (Å²) in [4.78, 5) is 11.3. The van der Waals surface area contributed by atoms with Gasteiger partial charge in [0.05, 0.1) is 5.02 Å². The Morgan fingerprint density at radius 2 is 2.42 bits per heavy atom. The summed E-state index contributed by atoms with van der Waals surface area (Å²) in [7, 11) is 0. The minimum atomic E-state index is -2.60. The molecule has 0 aromatic carbocycles. The van der Waals surface area contributed by atoms with Crippen LogP contribution >= 0.6 is 23.2 Å². The number of hydrogen-bond acceptors (Lipinski definition) is 3. The second kappa shape index (κ2) is 3.69. The molecule has 4 nitrogen and oxygen atoms in total. The van der Waals surface area contributed by atoms with Gasteiger partial charge in [0.25, 0.3) is 5.91 Å². The number of aromatic nitrogens is 2. The molecule has 0 saturated heterocycles. The third kappa shape index (κ3) is 1.84. The highest BCUT2D eigenvalue weighted by Crippen LogP contribution is 2.15. The molecule has 1 amide bonds. The van der Waals surface area contributed by atoms with E-state index in [0.29, 0.717) is 0 Å². The lowest BCUT2D eigenvalue weighted by atomic mass is 10.4. The van der Waals surface area contributed by atoms with E-state index in [1.165, 1.54) is 6.07 Å². The average Bonchev–Trinajstić information content (AvgIpc) is 1.99. The zero-order chi connectivity index (χ0) is 11.6. The zero-order valence-corrected chi connectivity index (χ0v) is 7.15. The van der Waals surface area contributed by atoms with Gasteiger partial charge < -0.3 is 5.32 Å². The van der Waals surface area contributed by atoms with Gasteiger partial charge in [0, 0.05) is 11.1 Å². The lowest BCUT2D eigenvalue weighted by Gasteiger charge is -1.99. The standard InChI is InChI=1S/C6H5Cl2N3O/c1-9-6(12)5-3(7)2-4(8)10-11-5/h2H,1H3,(H,9,12)/i1D3. The molecule has 1 N–H and O–H groups in total. The van der Waals surface area contributed by atoms with E-state index in [0.717, 1.165) is 0 Å². The highest BCUT2D eigenvalue weighted by atomic mass is 35.5. The van der Waals surface area contributed by atoms with Crippen LogP contribution in [0.25, 0.3) is 0 Å². The molecule has 1 aromatic rings. The molecule has 6 heteroatoms. The SMILES string of the molecule is [2H]C([2H])([2H])NC(=O)c1nnc(Cl)cc1Cl. The molecular formula is C6H5Cl2N3O. The van der Waals surface area contributed by atoms with Gasteiger partial charge in [-0.3, -0.25) is 4.79 Å². The van der Waals surface area contributed by atoms with Crippen LogP contribution in [0.2, 0.25) is 10.2 Å². The Kier molecular flexibility index (Phi) is 1.76. The number of rotatable bonds is 1. The molecule has 64 valence electrons. The molecule has 0 spiro atoms. The van der Waals surface area contributed by atoms with E-state index in [1.807, 2.05) is 0 Å². The van der Waals surface area contributed by atoms with E-state index in [4.69, 9.17) is 27.3 Å². The quantitative estimate of drug-likeness (QED) is 0.754. The molecule has 0 fully saturated rings. The van der Waals surface area contributed by atoms with Crippen LogP contribution in [0.4, 0.5) is 0 Å². The van der Waals surface area contributed by atoms with Gasteiger partial charge in [0.2, 0.25) is 0 Å². The summed E-state index contributed by atoms with van der Waals surface area (Å²) in [6.45, 7) is -2.60. The fraction of sp³-hybridized carbons (Fsp3) is 0.167. The number of halogens is 2. The molecule has 12 heavy (non-hydrogen) atoms. The first-order valence-corrected chi connectivity index (χ1v) is 3.56. The molecule has 0 radical (unpaired) electrons. The van der Waals surface area contributed by atoms with Gasteiger partial charge in [-0.25, -0.2) is 0 Å². The fourth-order valence-electron chi connectivity index (χ4n) is 0.560. The number of nitrogens with zero attached hydrogens (tertiary/aromatic N) is 2. The minimum absolute atomic E-state index is 0.0189. The molecule has 0 unspecified atom stereocenters. The third-order valence-electron chi connectivity index (χ3n) is 1.05. The Balaban J connectivity index is 2.92. The van der Waals surface area contributed by atoms with Crippen LogP contribution in [0.3, 0.4) is 0 Å². The van der Waals surface area contributed by atoms with Gasteiger partial charge in [0.15, 0.2) is 10.8 Å². The van der Waals surface area contributed by atoms with Crippen molar-refractivity contribution in [1.82, 2.24) is 15.5 Å². The molecule has 0 saturated carbocycles. The summed E-state index contributed by atoms with van der Waals surface area (Å²) in [5.74, 6) is -0.927.